The third-order valence-corrected chi connectivity index (χ3v) is 5.25. The first-order valence-corrected chi connectivity index (χ1v) is 9.27. The molecule has 0 aliphatic carbocycles. The highest BCUT2D eigenvalue weighted by atomic mass is 32.2. The number of para-hydroxylation sites is 1. The van der Waals surface area contributed by atoms with E-state index < -0.39 is 0 Å². The van der Waals surface area contributed by atoms with E-state index >= 15 is 0 Å². The Morgan fingerprint density at radius 2 is 1.92 bits per heavy atom. The lowest BCUT2D eigenvalue weighted by Gasteiger charge is -2.09. The second-order valence-corrected chi connectivity index (χ2v) is 7.20. The van der Waals surface area contributed by atoms with Crippen LogP contribution in [0.2, 0.25) is 0 Å². The molecular formula is C21H19N3OS. The van der Waals surface area contributed by atoms with Gasteiger partial charge < -0.3 is 5.32 Å². The molecule has 0 radical (unpaired) electrons. The molecule has 0 unspecified atom stereocenters. The number of aromatic nitrogens is 1. The summed E-state index contributed by atoms with van der Waals surface area (Å²) in [6.07, 6.45) is 0. The van der Waals surface area contributed by atoms with E-state index in [0.29, 0.717) is 10.6 Å². The third kappa shape index (κ3) is 3.87. The van der Waals surface area contributed by atoms with Gasteiger partial charge in [-0.25, -0.2) is 4.98 Å². The highest BCUT2D eigenvalue weighted by Gasteiger charge is 2.11. The lowest BCUT2D eigenvalue weighted by atomic mass is 10.1. The van der Waals surface area contributed by atoms with E-state index in [1.807, 2.05) is 63.2 Å². The van der Waals surface area contributed by atoms with Crippen molar-refractivity contribution < 1.29 is 4.79 Å². The number of aryl methyl sites for hydroxylation is 3. The Balaban J connectivity index is 1.76. The van der Waals surface area contributed by atoms with Gasteiger partial charge >= 0.3 is 0 Å². The zero-order chi connectivity index (χ0) is 18.7. The van der Waals surface area contributed by atoms with E-state index in [0.717, 1.165) is 27.7 Å². The monoisotopic (exact) mass is 361 g/mol. The van der Waals surface area contributed by atoms with Gasteiger partial charge in [0.2, 0.25) is 5.91 Å². The van der Waals surface area contributed by atoms with Crippen molar-refractivity contribution in [2.75, 3.05) is 11.1 Å². The number of amides is 1. The van der Waals surface area contributed by atoms with Crippen LogP contribution in [0, 0.1) is 32.1 Å². The number of anilines is 1. The van der Waals surface area contributed by atoms with Crippen LogP contribution in [-0.4, -0.2) is 16.6 Å². The lowest BCUT2D eigenvalue weighted by molar-refractivity contribution is -0.113. The SMILES string of the molecule is Cc1ccc(NC(=O)CSc2nc3c(C)cccc3cc2C#N)cc1C. The van der Waals surface area contributed by atoms with E-state index in [1.54, 1.807) is 0 Å². The minimum absolute atomic E-state index is 0.117. The molecule has 0 aliphatic rings. The number of benzene rings is 2. The Morgan fingerprint density at radius 3 is 2.65 bits per heavy atom. The van der Waals surface area contributed by atoms with E-state index in [4.69, 9.17) is 0 Å². The van der Waals surface area contributed by atoms with Crippen molar-refractivity contribution in [2.24, 2.45) is 0 Å². The molecule has 0 bridgehead atoms. The fraction of sp³-hybridized carbons (Fsp3) is 0.190. The number of rotatable bonds is 4. The summed E-state index contributed by atoms with van der Waals surface area (Å²) >= 11 is 1.28. The van der Waals surface area contributed by atoms with Gasteiger partial charge in [0.1, 0.15) is 11.1 Å². The minimum Gasteiger partial charge on any atom is -0.325 e. The van der Waals surface area contributed by atoms with Gasteiger partial charge in [-0.3, -0.25) is 4.79 Å². The minimum atomic E-state index is -0.117. The highest BCUT2D eigenvalue weighted by molar-refractivity contribution is 8.00. The van der Waals surface area contributed by atoms with Gasteiger partial charge in [-0.2, -0.15) is 5.26 Å². The number of thioether (sulfide) groups is 1. The summed E-state index contributed by atoms with van der Waals surface area (Å²) in [6.45, 7) is 6.04. The number of nitriles is 1. The number of nitrogens with zero attached hydrogens (tertiary/aromatic N) is 2. The molecule has 0 fully saturated rings. The van der Waals surface area contributed by atoms with Crippen LogP contribution in [0.3, 0.4) is 0 Å². The van der Waals surface area contributed by atoms with Crippen LogP contribution in [0.1, 0.15) is 22.3 Å². The van der Waals surface area contributed by atoms with Crippen LogP contribution in [0.25, 0.3) is 10.9 Å². The summed E-state index contributed by atoms with van der Waals surface area (Å²) in [7, 11) is 0. The van der Waals surface area contributed by atoms with E-state index in [2.05, 4.69) is 16.4 Å². The summed E-state index contributed by atoms with van der Waals surface area (Å²) in [4.78, 5) is 16.9. The predicted octanol–water partition coefficient (Wildman–Crippen LogP) is 4.76. The summed E-state index contributed by atoms with van der Waals surface area (Å²) in [5, 5.41) is 13.8. The summed E-state index contributed by atoms with van der Waals surface area (Å²) in [5.41, 5.74) is 5.51. The maximum absolute atomic E-state index is 12.3. The zero-order valence-corrected chi connectivity index (χ0v) is 15.8. The number of carbonyl (C=O) groups excluding carboxylic acids is 1. The Hall–Kier alpha value is -2.84. The molecule has 1 N–H and O–H groups in total. The molecule has 3 rings (SSSR count). The Labute approximate surface area is 157 Å². The van der Waals surface area contributed by atoms with Crippen LogP contribution in [0.5, 0.6) is 0 Å². The van der Waals surface area contributed by atoms with Crippen molar-refractivity contribution in [3.63, 3.8) is 0 Å². The molecule has 130 valence electrons. The normalized spacial score (nSPS) is 10.5. The standard InChI is InChI=1S/C21H19N3OS/c1-13-7-8-18(9-15(13)3)23-19(25)12-26-21-17(11-22)10-16-6-4-5-14(2)20(16)24-21/h4-10H,12H2,1-3H3,(H,23,25). The molecule has 0 saturated heterocycles. The van der Waals surface area contributed by atoms with Crippen LogP contribution >= 0.6 is 11.8 Å². The lowest BCUT2D eigenvalue weighted by Crippen LogP contribution is -2.14. The summed E-state index contributed by atoms with van der Waals surface area (Å²) in [6, 6.07) is 15.7. The quantitative estimate of drug-likeness (QED) is 0.680. The molecule has 3 aromatic rings. The molecule has 1 amide bonds. The molecule has 1 aromatic heterocycles. The van der Waals surface area contributed by atoms with Crippen molar-refractivity contribution in [3.8, 4) is 6.07 Å². The van der Waals surface area contributed by atoms with Crippen LogP contribution in [0.15, 0.2) is 47.5 Å². The fourth-order valence-electron chi connectivity index (χ4n) is 2.67. The second kappa shape index (κ2) is 7.59. The molecule has 4 nitrogen and oxygen atoms in total. The Morgan fingerprint density at radius 1 is 1.12 bits per heavy atom. The second-order valence-electron chi connectivity index (χ2n) is 6.24. The van der Waals surface area contributed by atoms with Crippen molar-refractivity contribution in [1.82, 2.24) is 4.98 Å². The molecule has 26 heavy (non-hydrogen) atoms. The molecule has 2 aromatic carbocycles. The highest BCUT2D eigenvalue weighted by Crippen LogP contribution is 2.26. The fourth-order valence-corrected chi connectivity index (χ4v) is 3.43. The van der Waals surface area contributed by atoms with Gasteiger partial charge in [-0.1, -0.05) is 36.0 Å². The number of carbonyl (C=O) groups is 1. The molecule has 0 aliphatic heterocycles. The van der Waals surface area contributed by atoms with E-state index in [9.17, 15) is 10.1 Å². The van der Waals surface area contributed by atoms with Crippen LogP contribution < -0.4 is 5.32 Å². The van der Waals surface area contributed by atoms with Crippen molar-refractivity contribution in [1.29, 1.82) is 5.26 Å². The third-order valence-electron chi connectivity index (χ3n) is 4.26. The first-order valence-electron chi connectivity index (χ1n) is 8.28. The number of hydrogen-bond donors (Lipinski definition) is 1. The van der Waals surface area contributed by atoms with Crippen molar-refractivity contribution in [2.45, 2.75) is 25.8 Å². The topological polar surface area (TPSA) is 65.8 Å². The first-order chi connectivity index (χ1) is 12.5. The maximum Gasteiger partial charge on any atom is 0.234 e. The molecule has 0 saturated carbocycles. The Bertz CT molecular complexity index is 1040. The molecule has 1 heterocycles. The molecule has 5 heteroatoms. The van der Waals surface area contributed by atoms with Gasteiger partial charge in [-0.05, 0) is 55.7 Å². The molecule has 0 atom stereocenters. The number of pyridine rings is 1. The number of nitrogens with one attached hydrogen (secondary N) is 1. The van der Waals surface area contributed by atoms with Crippen LogP contribution in [0.4, 0.5) is 5.69 Å². The molecule has 0 spiro atoms. The summed E-state index contributed by atoms with van der Waals surface area (Å²) < 4.78 is 0. The number of fused-ring (bicyclic) bond motifs is 1. The van der Waals surface area contributed by atoms with Gasteiger partial charge in [0, 0.05) is 11.1 Å². The van der Waals surface area contributed by atoms with Gasteiger partial charge in [0.25, 0.3) is 0 Å². The summed E-state index contributed by atoms with van der Waals surface area (Å²) in [5.74, 6) is 0.0836. The van der Waals surface area contributed by atoms with Gasteiger partial charge in [0.05, 0.1) is 16.8 Å². The molecular weight excluding hydrogens is 342 g/mol. The average Bonchev–Trinajstić information content (AvgIpc) is 2.63. The van der Waals surface area contributed by atoms with Gasteiger partial charge in [-0.15, -0.1) is 0 Å². The average molecular weight is 361 g/mol. The zero-order valence-electron chi connectivity index (χ0n) is 15.0. The predicted molar refractivity (Wildman–Crippen MR) is 106 cm³/mol. The largest absolute Gasteiger partial charge is 0.325 e. The van der Waals surface area contributed by atoms with Crippen molar-refractivity contribution in [3.05, 3.63) is 64.7 Å². The smallest absolute Gasteiger partial charge is 0.234 e. The van der Waals surface area contributed by atoms with Crippen molar-refractivity contribution >= 4 is 34.3 Å². The van der Waals surface area contributed by atoms with Crippen LogP contribution in [-0.2, 0) is 4.79 Å². The van der Waals surface area contributed by atoms with E-state index in [-0.39, 0.29) is 11.7 Å². The maximum atomic E-state index is 12.3. The van der Waals surface area contributed by atoms with E-state index in [1.165, 1.54) is 17.3 Å². The number of hydrogen-bond acceptors (Lipinski definition) is 4. The first kappa shape index (κ1) is 18.0. The van der Waals surface area contributed by atoms with Gasteiger partial charge in [0.15, 0.2) is 0 Å². The Kier molecular flexibility index (Phi) is 5.24.